The highest BCUT2D eigenvalue weighted by Gasteiger charge is 2.19. The minimum atomic E-state index is -4.65. The van der Waals surface area contributed by atoms with Gasteiger partial charge in [-0.1, -0.05) is 103 Å². The van der Waals surface area contributed by atoms with Crippen molar-refractivity contribution in [3.63, 3.8) is 0 Å². The molecule has 218 valence electrons. The summed E-state index contributed by atoms with van der Waals surface area (Å²) in [7, 11) is -4.65. The fourth-order valence-corrected chi connectivity index (χ4v) is 4.66. The lowest BCUT2D eigenvalue weighted by molar-refractivity contribution is -0.0493. The van der Waals surface area contributed by atoms with Crippen molar-refractivity contribution < 1.29 is 32.7 Å². The lowest BCUT2D eigenvalue weighted by Crippen LogP contribution is -2.25. The zero-order chi connectivity index (χ0) is 27.9. The number of unbranched alkanes of at least 4 members (excludes halogenated alkanes) is 15. The summed E-state index contributed by atoms with van der Waals surface area (Å²) in [5, 5.41) is 8.97. The van der Waals surface area contributed by atoms with Crippen molar-refractivity contribution in [1.82, 2.24) is 0 Å². The molecule has 0 heterocycles. The number of halogens is 1. The zero-order valence-electron chi connectivity index (χ0n) is 23.3. The Morgan fingerprint density at radius 3 is 1.87 bits per heavy atom. The van der Waals surface area contributed by atoms with Crippen LogP contribution in [-0.4, -0.2) is 35.7 Å². The van der Waals surface area contributed by atoms with Crippen molar-refractivity contribution in [1.29, 1.82) is 5.26 Å². The average molecular weight is 558 g/mol. The molecule has 0 aliphatic carbocycles. The van der Waals surface area contributed by atoms with Gasteiger partial charge in [0.25, 0.3) is 0 Å². The van der Waals surface area contributed by atoms with E-state index in [4.69, 9.17) is 24.5 Å². The van der Waals surface area contributed by atoms with Crippen LogP contribution >= 0.6 is 7.82 Å². The second-order valence-electron chi connectivity index (χ2n) is 10.1. The SMILES string of the molecule is CCCCCCCCCCCCCCCCCCOC[C@H](COP(=O)(O)O)OCc1cc(F)cc(C#N)c1. The summed E-state index contributed by atoms with van der Waals surface area (Å²) in [5.41, 5.74) is 0.617. The molecule has 0 fully saturated rings. The molecule has 38 heavy (non-hydrogen) atoms. The third kappa shape index (κ3) is 20.6. The number of nitrogens with zero attached hydrogens (tertiary/aromatic N) is 1. The highest BCUT2D eigenvalue weighted by atomic mass is 31.2. The van der Waals surface area contributed by atoms with Crippen LogP contribution in [0.4, 0.5) is 4.39 Å². The third-order valence-electron chi connectivity index (χ3n) is 6.45. The van der Waals surface area contributed by atoms with Crippen molar-refractivity contribution in [2.24, 2.45) is 0 Å². The van der Waals surface area contributed by atoms with Gasteiger partial charge >= 0.3 is 7.82 Å². The molecule has 0 spiro atoms. The number of phosphoric acid groups is 1. The molecule has 1 atom stereocenters. The summed E-state index contributed by atoms with van der Waals surface area (Å²) in [5.74, 6) is -0.551. The number of ether oxygens (including phenoxy) is 2. The van der Waals surface area contributed by atoms with Crippen molar-refractivity contribution in [2.45, 2.75) is 122 Å². The zero-order valence-corrected chi connectivity index (χ0v) is 24.1. The number of benzene rings is 1. The number of nitriles is 1. The summed E-state index contributed by atoms with van der Waals surface area (Å²) < 4.78 is 40.6. The Morgan fingerprint density at radius 1 is 0.842 bits per heavy atom. The van der Waals surface area contributed by atoms with Crippen LogP contribution < -0.4 is 0 Å². The first kappa shape index (κ1) is 34.7. The Labute approximate surface area is 229 Å². The van der Waals surface area contributed by atoms with Crippen LogP contribution in [0.25, 0.3) is 0 Å². The Bertz CT molecular complexity index is 813. The van der Waals surface area contributed by atoms with Crippen LogP contribution in [0.1, 0.15) is 121 Å². The number of hydrogen-bond donors (Lipinski definition) is 2. The van der Waals surface area contributed by atoms with Crippen LogP contribution in [0.3, 0.4) is 0 Å². The Morgan fingerprint density at radius 2 is 1.37 bits per heavy atom. The first-order chi connectivity index (χ1) is 18.3. The predicted molar refractivity (Wildman–Crippen MR) is 148 cm³/mol. The monoisotopic (exact) mass is 557 g/mol. The van der Waals surface area contributed by atoms with E-state index in [1.54, 1.807) is 0 Å². The first-order valence-electron chi connectivity index (χ1n) is 14.4. The molecule has 0 bridgehead atoms. The van der Waals surface area contributed by atoms with E-state index in [9.17, 15) is 8.96 Å². The Balaban J connectivity index is 2.09. The molecule has 1 aromatic rings. The Hall–Kier alpha value is -1.33. The first-order valence-corrected chi connectivity index (χ1v) is 16.0. The van der Waals surface area contributed by atoms with E-state index < -0.39 is 19.7 Å². The normalized spacial score (nSPS) is 12.5. The molecule has 0 aliphatic heterocycles. The molecule has 0 saturated heterocycles. The van der Waals surface area contributed by atoms with Crippen LogP contribution in [0.2, 0.25) is 0 Å². The molecule has 1 aromatic carbocycles. The van der Waals surface area contributed by atoms with Crippen LogP contribution in [0.5, 0.6) is 0 Å². The molecular formula is C29H49FNO6P. The van der Waals surface area contributed by atoms with Gasteiger partial charge < -0.3 is 19.3 Å². The molecule has 0 aromatic heterocycles. The smallest absolute Gasteiger partial charge is 0.379 e. The van der Waals surface area contributed by atoms with Gasteiger partial charge in [-0.05, 0) is 30.2 Å². The Kier molecular flexibility index (Phi) is 20.5. The van der Waals surface area contributed by atoms with Gasteiger partial charge in [0, 0.05) is 6.61 Å². The minimum Gasteiger partial charge on any atom is -0.379 e. The third-order valence-corrected chi connectivity index (χ3v) is 6.93. The van der Waals surface area contributed by atoms with Gasteiger partial charge in [-0.2, -0.15) is 5.26 Å². The number of phosphoric ester groups is 1. The molecule has 0 saturated carbocycles. The van der Waals surface area contributed by atoms with E-state index in [1.807, 2.05) is 6.07 Å². The van der Waals surface area contributed by atoms with Crippen molar-refractivity contribution in [3.05, 3.63) is 35.1 Å². The summed E-state index contributed by atoms with van der Waals surface area (Å²) >= 11 is 0. The maximum Gasteiger partial charge on any atom is 0.469 e. The largest absolute Gasteiger partial charge is 0.469 e. The van der Waals surface area contributed by atoms with Crippen LogP contribution in [0, 0.1) is 17.1 Å². The lowest BCUT2D eigenvalue weighted by Gasteiger charge is -2.19. The second kappa shape index (κ2) is 22.5. The molecule has 0 amide bonds. The average Bonchev–Trinajstić information content (AvgIpc) is 2.88. The molecule has 9 heteroatoms. The lowest BCUT2D eigenvalue weighted by atomic mass is 10.0. The standard InChI is InChI=1S/C29H49FNO6P/c1-2-3-4-5-6-7-8-9-10-11-12-13-14-15-16-17-18-35-24-29(25-37-38(32,33)34)36-23-27-19-26(22-31)20-28(30)21-27/h19-21,29H,2-18,23-25H2,1H3,(H2,32,33,34)/t29-/m1/s1. The fraction of sp³-hybridized carbons (Fsp3) is 0.759. The van der Waals surface area contributed by atoms with Gasteiger partial charge in [0.05, 0.1) is 31.5 Å². The molecule has 1 rings (SSSR count). The fourth-order valence-electron chi connectivity index (χ4n) is 4.30. The molecule has 0 radical (unpaired) electrons. The van der Waals surface area contributed by atoms with E-state index >= 15 is 0 Å². The van der Waals surface area contributed by atoms with E-state index in [-0.39, 0.29) is 25.4 Å². The van der Waals surface area contributed by atoms with E-state index in [0.29, 0.717) is 12.2 Å². The topological polar surface area (TPSA) is 109 Å². The van der Waals surface area contributed by atoms with Gasteiger partial charge in [0.2, 0.25) is 0 Å². The van der Waals surface area contributed by atoms with Gasteiger partial charge in [-0.15, -0.1) is 0 Å². The summed E-state index contributed by atoms with van der Waals surface area (Å²) in [6, 6.07) is 5.76. The van der Waals surface area contributed by atoms with Gasteiger partial charge in [-0.3, -0.25) is 4.52 Å². The van der Waals surface area contributed by atoms with Crippen molar-refractivity contribution in [3.8, 4) is 6.07 Å². The van der Waals surface area contributed by atoms with E-state index in [1.165, 1.54) is 102 Å². The van der Waals surface area contributed by atoms with E-state index in [2.05, 4.69) is 11.4 Å². The second-order valence-corrected chi connectivity index (χ2v) is 11.3. The predicted octanol–water partition coefficient (Wildman–Crippen LogP) is 7.97. The number of hydrogen-bond acceptors (Lipinski definition) is 5. The van der Waals surface area contributed by atoms with Gasteiger partial charge in [0.1, 0.15) is 11.9 Å². The summed E-state index contributed by atoms with van der Waals surface area (Å²) in [6.07, 6.45) is 20.0. The maximum absolute atomic E-state index is 13.6. The molecular weight excluding hydrogens is 508 g/mol. The minimum absolute atomic E-state index is 0.0377. The van der Waals surface area contributed by atoms with E-state index in [0.717, 1.165) is 18.9 Å². The molecule has 2 N–H and O–H groups in total. The van der Waals surface area contributed by atoms with Crippen LogP contribution in [-0.2, 0) is 25.2 Å². The van der Waals surface area contributed by atoms with Crippen molar-refractivity contribution in [2.75, 3.05) is 19.8 Å². The van der Waals surface area contributed by atoms with Gasteiger partial charge in [-0.25, -0.2) is 8.96 Å². The molecule has 0 aliphatic rings. The maximum atomic E-state index is 13.6. The molecule has 0 unspecified atom stereocenters. The highest BCUT2D eigenvalue weighted by molar-refractivity contribution is 7.46. The molecule has 7 nitrogen and oxygen atoms in total. The highest BCUT2D eigenvalue weighted by Crippen LogP contribution is 2.36. The number of rotatable bonds is 25. The summed E-state index contributed by atoms with van der Waals surface area (Å²) in [4.78, 5) is 18.0. The van der Waals surface area contributed by atoms with Crippen molar-refractivity contribution >= 4 is 7.82 Å². The van der Waals surface area contributed by atoms with Crippen LogP contribution in [0.15, 0.2) is 18.2 Å². The van der Waals surface area contributed by atoms with Gasteiger partial charge in [0.15, 0.2) is 0 Å². The quantitative estimate of drug-likeness (QED) is 0.0927. The summed E-state index contributed by atoms with van der Waals surface area (Å²) in [6.45, 7) is 2.48.